The Morgan fingerprint density at radius 2 is 1.84 bits per heavy atom. The van der Waals surface area contributed by atoms with Gasteiger partial charge in [0.1, 0.15) is 11.4 Å². The molecule has 0 aliphatic carbocycles. The molecule has 0 bridgehead atoms. The van der Waals surface area contributed by atoms with Gasteiger partial charge in [-0.3, -0.25) is 4.79 Å². The lowest BCUT2D eigenvalue weighted by Gasteiger charge is -2.06. The maximum Gasteiger partial charge on any atom is 0.340 e. The monoisotopic (exact) mass is 435 g/mol. The van der Waals surface area contributed by atoms with Crippen LogP contribution < -0.4 is 0 Å². The number of fused-ring (bicyclic) bond motifs is 1. The van der Waals surface area contributed by atoms with E-state index in [1.54, 1.807) is 31.6 Å². The molecule has 1 aromatic carbocycles. The van der Waals surface area contributed by atoms with Gasteiger partial charge in [-0.25, -0.2) is 19.4 Å². The summed E-state index contributed by atoms with van der Waals surface area (Å²) in [6.07, 6.45) is 3.16. The molecule has 8 nitrogen and oxygen atoms in total. The molecule has 1 N–H and O–H groups in total. The largest absolute Gasteiger partial charge is 0.462 e. The van der Waals surface area contributed by atoms with Crippen LogP contribution in [0.4, 0.5) is 0 Å². The van der Waals surface area contributed by atoms with Gasteiger partial charge in [-0.1, -0.05) is 30.0 Å². The van der Waals surface area contributed by atoms with Crippen LogP contribution in [0.25, 0.3) is 16.7 Å². The molecule has 31 heavy (non-hydrogen) atoms. The van der Waals surface area contributed by atoms with Crippen LogP contribution in [-0.2, 0) is 4.74 Å². The summed E-state index contributed by atoms with van der Waals surface area (Å²) in [6, 6.07) is 9.69. The number of benzene rings is 1. The van der Waals surface area contributed by atoms with Crippen LogP contribution in [0.3, 0.4) is 0 Å². The number of aromatic nitrogens is 5. The first-order valence-electron chi connectivity index (χ1n) is 9.77. The molecule has 0 unspecified atom stereocenters. The number of para-hydroxylation sites is 1. The first kappa shape index (κ1) is 20.8. The van der Waals surface area contributed by atoms with E-state index in [2.05, 4.69) is 20.1 Å². The van der Waals surface area contributed by atoms with Gasteiger partial charge in [-0.2, -0.15) is 5.10 Å². The first-order chi connectivity index (χ1) is 15.0. The topological polar surface area (TPSA) is 103 Å². The molecule has 3 aromatic heterocycles. The number of aryl methyl sites for hydroxylation is 2. The van der Waals surface area contributed by atoms with E-state index in [-0.39, 0.29) is 18.1 Å². The van der Waals surface area contributed by atoms with E-state index in [1.807, 2.05) is 30.3 Å². The van der Waals surface area contributed by atoms with E-state index in [0.29, 0.717) is 33.2 Å². The molecule has 0 saturated carbocycles. The van der Waals surface area contributed by atoms with Crippen molar-refractivity contribution in [2.45, 2.75) is 25.8 Å². The van der Waals surface area contributed by atoms with Crippen molar-refractivity contribution in [1.82, 2.24) is 24.7 Å². The Balaban J connectivity index is 1.60. The van der Waals surface area contributed by atoms with Gasteiger partial charge in [0.05, 0.1) is 40.8 Å². The number of nitrogens with one attached hydrogen (secondary N) is 1. The molecule has 0 atom stereocenters. The van der Waals surface area contributed by atoms with Crippen LogP contribution in [0.1, 0.15) is 39.0 Å². The van der Waals surface area contributed by atoms with Crippen molar-refractivity contribution >= 4 is 34.5 Å². The zero-order valence-corrected chi connectivity index (χ0v) is 18.2. The van der Waals surface area contributed by atoms with Crippen molar-refractivity contribution in [3.05, 3.63) is 65.4 Å². The van der Waals surface area contributed by atoms with Crippen molar-refractivity contribution in [2.24, 2.45) is 0 Å². The summed E-state index contributed by atoms with van der Waals surface area (Å²) < 4.78 is 6.87. The summed E-state index contributed by atoms with van der Waals surface area (Å²) >= 11 is 1.29. The van der Waals surface area contributed by atoms with Gasteiger partial charge < -0.3 is 9.72 Å². The van der Waals surface area contributed by atoms with Crippen LogP contribution in [0.5, 0.6) is 0 Å². The zero-order chi connectivity index (χ0) is 22.0. The number of hydrogen-bond donors (Lipinski definition) is 1. The van der Waals surface area contributed by atoms with E-state index in [9.17, 15) is 9.59 Å². The lowest BCUT2D eigenvalue weighted by Crippen LogP contribution is -2.13. The molecule has 3 heterocycles. The molecular formula is C22H21N5O3S. The molecule has 0 spiro atoms. The smallest absolute Gasteiger partial charge is 0.340 e. The molecule has 9 heteroatoms. The van der Waals surface area contributed by atoms with E-state index < -0.39 is 5.97 Å². The average Bonchev–Trinajstić information content (AvgIpc) is 3.33. The summed E-state index contributed by atoms with van der Waals surface area (Å²) in [5.74, 6) is -0.545. The number of H-pyrrole nitrogens is 1. The van der Waals surface area contributed by atoms with Gasteiger partial charge in [0.25, 0.3) is 0 Å². The molecule has 0 aliphatic rings. The summed E-state index contributed by atoms with van der Waals surface area (Å²) in [5, 5.41) is 5.85. The summed E-state index contributed by atoms with van der Waals surface area (Å²) in [7, 11) is 0. The zero-order valence-electron chi connectivity index (χ0n) is 17.4. The summed E-state index contributed by atoms with van der Waals surface area (Å²) in [5.41, 5.74) is 3.50. The molecule has 0 radical (unpaired) electrons. The lowest BCUT2D eigenvalue weighted by molar-refractivity contribution is 0.0522. The average molecular weight is 436 g/mol. The number of hydrogen-bond acceptors (Lipinski definition) is 7. The first-order valence-corrected chi connectivity index (χ1v) is 10.8. The highest BCUT2D eigenvalue weighted by Crippen LogP contribution is 2.28. The number of carbonyl (C=O) groups excluding carboxylic acids is 2. The Hall–Kier alpha value is -3.46. The molecule has 0 aliphatic heterocycles. The van der Waals surface area contributed by atoms with E-state index in [0.717, 1.165) is 11.1 Å². The highest BCUT2D eigenvalue weighted by molar-refractivity contribution is 8.00. The number of aromatic amines is 1. The fourth-order valence-electron chi connectivity index (χ4n) is 3.49. The predicted molar refractivity (Wildman–Crippen MR) is 118 cm³/mol. The quantitative estimate of drug-likeness (QED) is 0.203. The highest BCUT2D eigenvalue weighted by atomic mass is 32.2. The van der Waals surface area contributed by atoms with Crippen molar-refractivity contribution in [1.29, 1.82) is 0 Å². The van der Waals surface area contributed by atoms with E-state index >= 15 is 0 Å². The number of ether oxygens (including phenoxy) is 1. The highest BCUT2D eigenvalue weighted by Gasteiger charge is 2.25. The number of rotatable bonds is 7. The van der Waals surface area contributed by atoms with Crippen LogP contribution in [0, 0.1) is 13.8 Å². The minimum atomic E-state index is -0.494. The number of ketones is 1. The molecule has 4 aromatic rings. The third-order valence-electron chi connectivity index (χ3n) is 4.80. The van der Waals surface area contributed by atoms with Gasteiger partial charge in [0, 0.05) is 11.4 Å². The second-order valence-electron chi connectivity index (χ2n) is 6.87. The van der Waals surface area contributed by atoms with Crippen LogP contribution in [-0.4, -0.2) is 48.8 Å². The number of carbonyl (C=O) groups is 2. The van der Waals surface area contributed by atoms with Crippen molar-refractivity contribution < 1.29 is 14.3 Å². The SMILES string of the molecule is CCOC(=O)c1c(C)[nH]c(C)c1C(=O)CSc1ncnc2c1cnn2-c1ccccc1. The maximum absolute atomic E-state index is 13.0. The predicted octanol–water partition coefficient (Wildman–Crippen LogP) is 3.91. The lowest BCUT2D eigenvalue weighted by atomic mass is 10.1. The molecule has 158 valence electrons. The van der Waals surface area contributed by atoms with Gasteiger partial charge >= 0.3 is 5.97 Å². The maximum atomic E-state index is 13.0. The van der Waals surface area contributed by atoms with Crippen molar-refractivity contribution in [3.8, 4) is 5.69 Å². The molecule has 0 saturated heterocycles. The van der Waals surface area contributed by atoms with Gasteiger partial charge in [0.15, 0.2) is 11.4 Å². The van der Waals surface area contributed by atoms with Crippen LogP contribution in [0.2, 0.25) is 0 Å². The van der Waals surface area contributed by atoms with Crippen LogP contribution in [0.15, 0.2) is 47.9 Å². The third kappa shape index (κ3) is 3.96. The van der Waals surface area contributed by atoms with Gasteiger partial charge in [0.2, 0.25) is 0 Å². The second-order valence-corrected chi connectivity index (χ2v) is 7.83. The van der Waals surface area contributed by atoms with Gasteiger partial charge in [-0.15, -0.1) is 0 Å². The Morgan fingerprint density at radius 1 is 1.10 bits per heavy atom. The fraction of sp³-hybridized carbons (Fsp3) is 0.227. The normalized spacial score (nSPS) is 11.1. The Kier molecular flexibility index (Phi) is 5.85. The summed E-state index contributed by atoms with van der Waals surface area (Å²) in [4.78, 5) is 37.2. The Bertz CT molecular complexity index is 1260. The van der Waals surface area contributed by atoms with Crippen molar-refractivity contribution in [2.75, 3.05) is 12.4 Å². The Morgan fingerprint density at radius 3 is 2.58 bits per heavy atom. The third-order valence-corrected chi connectivity index (χ3v) is 5.81. The molecule has 0 fully saturated rings. The number of thioether (sulfide) groups is 1. The van der Waals surface area contributed by atoms with E-state index in [4.69, 9.17) is 4.74 Å². The number of esters is 1. The minimum Gasteiger partial charge on any atom is -0.462 e. The minimum absolute atomic E-state index is 0.118. The molecular weight excluding hydrogens is 414 g/mol. The second kappa shape index (κ2) is 8.73. The Labute approximate surface area is 183 Å². The van der Waals surface area contributed by atoms with Crippen molar-refractivity contribution in [3.63, 3.8) is 0 Å². The molecule has 0 amide bonds. The standard InChI is InChI=1S/C22H21N5O3S/c1-4-30-22(29)19-14(3)26-13(2)18(19)17(28)11-31-21-16-10-25-27(20(16)23-12-24-21)15-8-6-5-7-9-15/h5-10,12,26H,4,11H2,1-3H3. The fourth-order valence-corrected chi connectivity index (χ4v) is 4.32. The number of nitrogens with zero attached hydrogens (tertiary/aromatic N) is 4. The molecule has 4 rings (SSSR count). The number of Topliss-reactive ketones (excluding diaryl/α,β-unsaturated/α-hetero) is 1. The van der Waals surface area contributed by atoms with E-state index in [1.165, 1.54) is 18.1 Å². The van der Waals surface area contributed by atoms with Crippen LogP contribution >= 0.6 is 11.8 Å². The van der Waals surface area contributed by atoms with Gasteiger partial charge in [-0.05, 0) is 32.9 Å². The summed E-state index contributed by atoms with van der Waals surface area (Å²) in [6.45, 7) is 5.52.